The molecule has 1 atom stereocenters. The number of rotatable bonds is 5. The van der Waals surface area contributed by atoms with Crippen molar-refractivity contribution in [2.45, 2.75) is 24.4 Å². The summed E-state index contributed by atoms with van der Waals surface area (Å²) in [6.07, 6.45) is 2.01. The number of amides is 2. The van der Waals surface area contributed by atoms with Gasteiger partial charge >= 0.3 is 6.03 Å². The fraction of sp³-hybridized carbons (Fsp3) is 0.278. The van der Waals surface area contributed by atoms with Gasteiger partial charge in [0.15, 0.2) is 11.6 Å². The number of carbonyl (C=O) groups is 1. The second-order valence-electron chi connectivity index (χ2n) is 5.55. The summed E-state index contributed by atoms with van der Waals surface area (Å²) in [6, 6.07) is 10.9. The zero-order valence-electron chi connectivity index (χ0n) is 13.8. The molecule has 0 radical (unpaired) electrons. The number of nitrogens with zero attached hydrogens (tertiary/aromatic N) is 1. The number of urea groups is 1. The second kappa shape index (κ2) is 8.15. The average Bonchev–Trinajstić information content (AvgIpc) is 2.57. The lowest BCUT2D eigenvalue weighted by molar-refractivity contribution is 0.203. The van der Waals surface area contributed by atoms with Crippen molar-refractivity contribution in [1.29, 1.82) is 0 Å². The molecule has 0 fully saturated rings. The van der Waals surface area contributed by atoms with E-state index < -0.39 is 17.7 Å². The second-order valence-corrected chi connectivity index (χ2v) is 6.43. The largest absolute Gasteiger partial charge is 0.331 e. The molecule has 128 valence electrons. The minimum atomic E-state index is -0.921. The van der Waals surface area contributed by atoms with Gasteiger partial charge in [-0.25, -0.2) is 13.6 Å². The van der Waals surface area contributed by atoms with Crippen molar-refractivity contribution in [3.63, 3.8) is 0 Å². The number of benzene rings is 2. The van der Waals surface area contributed by atoms with Crippen LogP contribution in [0.4, 0.5) is 13.6 Å². The summed E-state index contributed by atoms with van der Waals surface area (Å²) < 4.78 is 26.3. The van der Waals surface area contributed by atoms with Crippen LogP contribution in [0.1, 0.15) is 24.1 Å². The number of thioether (sulfide) groups is 1. The highest BCUT2D eigenvalue weighted by Gasteiger charge is 2.15. The maximum absolute atomic E-state index is 13.3. The third-order valence-electron chi connectivity index (χ3n) is 3.71. The Morgan fingerprint density at radius 2 is 1.83 bits per heavy atom. The lowest BCUT2D eigenvalue weighted by Gasteiger charge is -2.22. The van der Waals surface area contributed by atoms with Crippen molar-refractivity contribution in [1.82, 2.24) is 10.2 Å². The van der Waals surface area contributed by atoms with Crippen LogP contribution in [0.15, 0.2) is 47.4 Å². The Morgan fingerprint density at radius 1 is 1.17 bits per heavy atom. The molecule has 2 aromatic carbocycles. The molecule has 0 heterocycles. The van der Waals surface area contributed by atoms with Crippen LogP contribution in [-0.2, 0) is 6.54 Å². The Hall–Kier alpha value is -2.08. The van der Waals surface area contributed by atoms with E-state index in [4.69, 9.17) is 0 Å². The number of nitrogens with one attached hydrogen (secondary N) is 1. The summed E-state index contributed by atoms with van der Waals surface area (Å²) in [5.41, 5.74) is 1.53. The zero-order chi connectivity index (χ0) is 17.7. The maximum atomic E-state index is 13.3. The van der Waals surface area contributed by atoms with Crippen molar-refractivity contribution < 1.29 is 13.6 Å². The summed E-state index contributed by atoms with van der Waals surface area (Å²) in [5, 5.41) is 2.78. The fourth-order valence-electron chi connectivity index (χ4n) is 2.24. The Balaban J connectivity index is 1.95. The minimum Gasteiger partial charge on any atom is -0.331 e. The molecular formula is C18H20F2N2OS. The fourth-order valence-corrected chi connectivity index (χ4v) is 2.65. The van der Waals surface area contributed by atoms with Gasteiger partial charge in [0.2, 0.25) is 0 Å². The van der Waals surface area contributed by atoms with Gasteiger partial charge in [-0.1, -0.05) is 18.2 Å². The molecule has 0 saturated heterocycles. The molecule has 1 unspecified atom stereocenters. The van der Waals surface area contributed by atoms with E-state index in [1.807, 2.05) is 30.5 Å². The standard InChI is InChI=1S/C18H20F2N2OS/c1-12(14-6-9-16(19)17(20)10-14)21-18(23)22(2)11-13-4-7-15(24-3)8-5-13/h4-10,12H,11H2,1-3H3,(H,21,23). The van der Waals surface area contributed by atoms with Gasteiger partial charge in [-0.3, -0.25) is 0 Å². The van der Waals surface area contributed by atoms with Crippen LogP contribution in [0.5, 0.6) is 0 Å². The van der Waals surface area contributed by atoms with E-state index in [0.29, 0.717) is 12.1 Å². The third-order valence-corrected chi connectivity index (χ3v) is 4.45. The lowest BCUT2D eigenvalue weighted by atomic mass is 10.1. The molecule has 24 heavy (non-hydrogen) atoms. The summed E-state index contributed by atoms with van der Waals surface area (Å²) in [6.45, 7) is 2.19. The number of halogens is 2. The molecule has 0 saturated carbocycles. The van der Waals surface area contributed by atoms with Gasteiger partial charge in [0.05, 0.1) is 6.04 Å². The van der Waals surface area contributed by atoms with Crippen LogP contribution in [-0.4, -0.2) is 24.2 Å². The number of hydrogen-bond acceptors (Lipinski definition) is 2. The first-order valence-electron chi connectivity index (χ1n) is 7.50. The molecule has 0 aliphatic rings. The number of hydrogen-bond donors (Lipinski definition) is 1. The predicted octanol–water partition coefficient (Wildman–Crippen LogP) is 4.59. The zero-order valence-corrected chi connectivity index (χ0v) is 14.7. The molecule has 0 spiro atoms. The Labute approximate surface area is 145 Å². The SMILES string of the molecule is CSc1ccc(CN(C)C(=O)NC(C)c2ccc(F)c(F)c2)cc1. The van der Waals surface area contributed by atoms with E-state index in [1.165, 1.54) is 6.07 Å². The molecule has 6 heteroatoms. The summed E-state index contributed by atoms with van der Waals surface area (Å²) in [7, 11) is 1.69. The van der Waals surface area contributed by atoms with Crippen molar-refractivity contribution in [3.05, 3.63) is 65.2 Å². The molecule has 3 nitrogen and oxygen atoms in total. The highest BCUT2D eigenvalue weighted by atomic mass is 32.2. The first-order chi connectivity index (χ1) is 11.4. The van der Waals surface area contributed by atoms with E-state index in [-0.39, 0.29) is 6.03 Å². The highest BCUT2D eigenvalue weighted by Crippen LogP contribution is 2.17. The summed E-state index contributed by atoms with van der Waals surface area (Å²) in [5.74, 6) is -1.82. The first-order valence-corrected chi connectivity index (χ1v) is 8.72. The van der Waals surface area contributed by atoms with Gasteiger partial charge in [-0.05, 0) is 48.6 Å². The van der Waals surface area contributed by atoms with Crippen molar-refractivity contribution in [3.8, 4) is 0 Å². The van der Waals surface area contributed by atoms with Gasteiger partial charge in [0, 0.05) is 18.5 Å². The Kier molecular flexibility index (Phi) is 6.20. The molecule has 0 aliphatic heterocycles. The van der Waals surface area contributed by atoms with Crippen LogP contribution < -0.4 is 5.32 Å². The van der Waals surface area contributed by atoms with Crippen LogP contribution in [0.3, 0.4) is 0 Å². The van der Waals surface area contributed by atoms with Gasteiger partial charge in [0.1, 0.15) is 0 Å². The summed E-state index contributed by atoms with van der Waals surface area (Å²) in [4.78, 5) is 15.0. The predicted molar refractivity (Wildman–Crippen MR) is 93.0 cm³/mol. The number of carbonyl (C=O) groups excluding carboxylic acids is 1. The third kappa shape index (κ3) is 4.71. The molecule has 0 bridgehead atoms. The molecular weight excluding hydrogens is 330 g/mol. The van der Waals surface area contributed by atoms with Gasteiger partial charge in [-0.15, -0.1) is 11.8 Å². The van der Waals surface area contributed by atoms with Gasteiger partial charge in [0.25, 0.3) is 0 Å². The monoisotopic (exact) mass is 350 g/mol. The molecule has 0 aromatic heterocycles. The van der Waals surface area contributed by atoms with E-state index in [9.17, 15) is 13.6 Å². The van der Waals surface area contributed by atoms with Crippen LogP contribution in [0, 0.1) is 11.6 Å². The smallest absolute Gasteiger partial charge is 0.317 e. The molecule has 2 amide bonds. The van der Waals surface area contributed by atoms with E-state index in [2.05, 4.69) is 5.32 Å². The molecule has 2 aromatic rings. The van der Waals surface area contributed by atoms with Crippen molar-refractivity contribution in [2.75, 3.05) is 13.3 Å². The first kappa shape index (κ1) is 18.3. The van der Waals surface area contributed by atoms with Crippen LogP contribution >= 0.6 is 11.8 Å². The van der Waals surface area contributed by atoms with E-state index >= 15 is 0 Å². The van der Waals surface area contributed by atoms with Gasteiger partial charge < -0.3 is 10.2 Å². The van der Waals surface area contributed by atoms with Crippen molar-refractivity contribution in [2.24, 2.45) is 0 Å². The van der Waals surface area contributed by atoms with E-state index in [1.54, 1.807) is 30.6 Å². The molecule has 1 N–H and O–H groups in total. The highest BCUT2D eigenvalue weighted by molar-refractivity contribution is 7.98. The quantitative estimate of drug-likeness (QED) is 0.800. The Morgan fingerprint density at radius 3 is 2.42 bits per heavy atom. The van der Waals surface area contributed by atoms with Gasteiger partial charge in [-0.2, -0.15) is 0 Å². The molecule has 0 aliphatic carbocycles. The maximum Gasteiger partial charge on any atom is 0.317 e. The van der Waals surface area contributed by atoms with Crippen molar-refractivity contribution >= 4 is 17.8 Å². The lowest BCUT2D eigenvalue weighted by Crippen LogP contribution is -2.38. The van der Waals surface area contributed by atoms with Crippen LogP contribution in [0.25, 0.3) is 0 Å². The van der Waals surface area contributed by atoms with Crippen LogP contribution in [0.2, 0.25) is 0 Å². The average molecular weight is 350 g/mol. The topological polar surface area (TPSA) is 32.3 Å². The van der Waals surface area contributed by atoms with E-state index in [0.717, 1.165) is 22.6 Å². The Bertz CT molecular complexity index is 707. The minimum absolute atomic E-state index is 0.277. The normalized spacial score (nSPS) is 11.9. The summed E-state index contributed by atoms with van der Waals surface area (Å²) >= 11 is 1.66. The molecule has 2 rings (SSSR count).